The zero-order valence-electron chi connectivity index (χ0n) is 22.2. The van der Waals surface area contributed by atoms with Crippen molar-refractivity contribution in [2.45, 2.75) is 37.8 Å². The highest BCUT2D eigenvalue weighted by atomic mass is 16.5. The maximum atomic E-state index is 11.9. The van der Waals surface area contributed by atoms with Crippen LogP contribution in [0.4, 0.5) is 5.82 Å². The number of rotatable bonds is 6. The molecule has 0 atom stereocenters. The quantitative estimate of drug-likeness (QED) is 0.389. The van der Waals surface area contributed by atoms with Crippen LogP contribution in [0, 0.1) is 0 Å². The summed E-state index contributed by atoms with van der Waals surface area (Å²) < 4.78 is 8.12. The van der Waals surface area contributed by atoms with Crippen molar-refractivity contribution < 1.29 is 9.53 Å². The lowest BCUT2D eigenvalue weighted by atomic mass is 9.90. The van der Waals surface area contributed by atoms with Gasteiger partial charge in [-0.1, -0.05) is 24.3 Å². The first-order valence-corrected chi connectivity index (χ1v) is 13.6. The van der Waals surface area contributed by atoms with Gasteiger partial charge in [0.2, 0.25) is 0 Å². The number of benzene rings is 2. The number of aromatic nitrogens is 4. The Kier molecular flexibility index (Phi) is 6.88. The molecule has 0 radical (unpaired) electrons. The molecule has 1 saturated carbocycles. The number of carbonyl (C=O) groups is 1. The molecule has 2 aliphatic rings. The van der Waals surface area contributed by atoms with E-state index < -0.39 is 5.91 Å². The Hall–Kier alpha value is -4.02. The van der Waals surface area contributed by atoms with Crippen molar-refractivity contribution in [3.8, 4) is 22.8 Å². The van der Waals surface area contributed by atoms with Crippen LogP contribution in [0.1, 0.15) is 42.1 Å². The molecule has 1 aliphatic carbocycles. The number of hydrogen-bond acceptors (Lipinski definition) is 8. The van der Waals surface area contributed by atoms with Gasteiger partial charge in [0.25, 0.3) is 5.91 Å². The van der Waals surface area contributed by atoms with Crippen LogP contribution < -0.4 is 16.2 Å². The number of para-hydroxylation sites is 1. The van der Waals surface area contributed by atoms with Gasteiger partial charge in [-0.3, -0.25) is 9.69 Å². The summed E-state index contributed by atoms with van der Waals surface area (Å²) in [6, 6.07) is 15.4. The molecule has 10 heteroatoms. The second-order valence-electron chi connectivity index (χ2n) is 10.5. The van der Waals surface area contributed by atoms with Gasteiger partial charge in [0.15, 0.2) is 5.65 Å². The number of anilines is 1. The number of piperazine rings is 1. The molecule has 0 unspecified atom stereocenters. The van der Waals surface area contributed by atoms with Crippen molar-refractivity contribution in [3.63, 3.8) is 0 Å². The van der Waals surface area contributed by atoms with Gasteiger partial charge in [-0.25, -0.2) is 14.6 Å². The maximum absolute atomic E-state index is 11.9. The lowest BCUT2D eigenvalue weighted by Gasteiger charge is -2.41. The number of primary amides is 1. The molecule has 0 bridgehead atoms. The SMILES string of the molecule is CN1CCN(C2CCC(n3nc(-c4cccc(Oc5ccccc5C(N)=O)c4)c4c(N)ncnc43)CC2)CC1. The largest absolute Gasteiger partial charge is 0.457 e. The van der Waals surface area contributed by atoms with Gasteiger partial charge < -0.3 is 21.1 Å². The third-order valence-corrected chi connectivity index (χ3v) is 8.07. The summed E-state index contributed by atoms with van der Waals surface area (Å²) in [5.41, 5.74) is 14.6. The number of carbonyl (C=O) groups excluding carboxylic acids is 1. The first kappa shape index (κ1) is 25.3. The second kappa shape index (κ2) is 10.6. The first-order valence-electron chi connectivity index (χ1n) is 13.6. The average Bonchev–Trinajstić information content (AvgIpc) is 3.35. The Morgan fingerprint density at radius 2 is 1.69 bits per heavy atom. The number of nitrogens with two attached hydrogens (primary N) is 2. The summed E-state index contributed by atoms with van der Waals surface area (Å²) in [7, 11) is 2.20. The van der Waals surface area contributed by atoms with E-state index in [-0.39, 0.29) is 6.04 Å². The molecule has 2 fully saturated rings. The van der Waals surface area contributed by atoms with Crippen LogP contribution in [0.5, 0.6) is 11.5 Å². The first-order chi connectivity index (χ1) is 19.0. The predicted octanol–water partition coefficient (Wildman–Crippen LogP) is 3.70. The summed E-state index contributed by atoms with van der Waals surface area (Å²) in [5, 5.41) is 5.81. The highest BCUT2D eigenvalue weighted by Gasteiger charge is 2.30. The van der Waals surface area contributed by atoms with Crippen LogP contribution in [-0.4, -0.2) is 74.7 Å². The number of likely N-dealkylation sites (N-methyl/N-ethyl adjacent to an activating group) is 1. The number of ether oxygens (including phenoxy) is 1. The van der Waals surface area contributed by atoms with E-state index in [1.165, 1.54) is 6.33 Å². The van der Waals surface area contributed by atoms with Crippen LogP contribution in [0.15, 0.2) is 54.9 Å². The van der Waals surface area contributed by atoms with Gasteiger partial charge in [0.05, 0.1) is 17.0 Å². The van der Waals surface area contributed by atoms with Crippen LogP contribution in [0.2, 0.25) is 0 Å². The van der Waals surface area contributed by atoms with Crippen molar-refractivity contribution in [1.82, 2.24) is 29.5 Å². The molecule has 1 amide bonds. The molecule has 39 heavy (non-hydrogen) atoms. The Bertz CT molecular complexity index is 1490. The normalized spacial score (nSPS) is 20.7. The van der Waals surface area contributed by atoms with Crippen molar-refractivity contribution in [3.05, 3.63) is 60.4 Å². The molecule has 202 valence electrons. The summed E-state index contributed by atoms with van der Waals surface area (Å²) in [6.07, 6.45) is 5.90. The number of amides is 1. The lowest BCUT2D eigenvalue weighted by Crippen LogP contribution is -2.49. The zero-order chi connectivity index (χ0) is 26.9. The van der Waals surface area contributed by atoms with Gasteiger partial charge in [-0.15, -0.1) is 0 Å². The number of fused-ring (bicyclic) bond motifs is 1. The molecule has 10 nitrogen and oxygen atoms in total. The van der Waals surface area contributed by atoms with Crippen LogP contribution in [-0.2, 0) is 0 Å². The minimum atomic E-state index is -0.543. The molecular formula is C29H34N8O2. The summed E-state index contributed by atoms with van der Waals surface area (Å²) in [6.45, 7) is 4.57. The van der Waals surface area contributed by atoms with E-state index in [1.807, 2.05) is 24.3 Å². The predicted molar refractivity (Wildman–Crippen MR) is 151 cm³/mol. The van der Waals surface area contributed by atoms with Crippen LogP contribution in [0.25, 0.3) is 22.3 Å². The van der Waals surface area contributed by atoms with Gasteiger partial charge in [-0.2, -0.15) is 5.10 Å². The van der Waals surface area contributed by atoms with Crippen molar-refractivity contribution in [2.24, 2.45) is 5.73 Å². The summed E-state index contributed by atoms with van der Waals surface area (Å²) >= 11 is 0. The fraction of sp³-hybridized carbons (Fsp3) is 0.379. The Labute approximate surface area is 227 Å². The number of nitrogen functional groups attached to an aromatic ring is 1. The summed E-state index contributed by atoms with van der Waals surface area (Å²) in [4.78, 5) is 25.8. The maximum Gasteiger partial charge on any atom is 0.252 e. The fourth-order valence-electron chi connectivity index (χ4n) is 5.90. The Balaban J connectivity index is 1.28. The molecule has 1 aliphatic heterocycles. The third-order valence-electron chi connectivity index (χ3n) is 8.07. The molecular weight excluding hydrogens is 492 g/mol. The van der Waals surface area contributed by atoms with E-state index in [2.05, 4.69) is 31.5 Å². The average molecular weight is 527 g/mol. The molecule has 1 saturated heterocycles. The van der Waals surface area contributed by atoms with E-state index >= 15 is 0 Å². The molecule has 2 aromatic carbocycles. The molecule has 3 heterocycles. The van der Waals surface area contributed by atoms with Crippen LogP contribution >= 0.6 is 0 Å². The highest BCUT2D eigenvalue weighted by Crippen LogP contribution is 2.38. The molecule has 6 rings (SSSR count). The number of nitrogens with zero attached hydrogens (tertiary/aromatic N) is 6. The van der Waals surface area contributed by atoms with Crippen molar-refractivity contribution in [1.29, 1.82) is 0 Å². The molecule has 0 spiro atoms. The monoisotopic (exact) mass is 526 g/mol. The van der Waals surface area contributed by atoms with E-state index in [9.17, 15) is 4.79 Å². The third kappa shape index (κ3) is 5.05. The van der Waals surface area contributed by atoms with E-state index in [1.54, 1.807) is 24.3 Å². The minimum Gasteiger partial charge on any atom is -0.457 e. The molecule has 4 aromatic rings. The highest BCUT2D eigenvalue weighted by molar-refractivity contribution is 5.98. The Morgan fingerprint density at radius 1 is 0.949 bits per heavy atom. The van der Waals surface area contributed by atoms with E-state index in [0.29, 0.717) is 28.9 Å². The van der Waals surface area contributed by atoms with Crippen molar-refractivity contribution in [2.75, 3.05) is 39.0 Å². The smallest absolute Gasteiger partial charge is 0.252 e. The zero-order valence-corrected chi connectivity index (χ0v) is 22.2. The van der Waals surface area contributed by atoms with Gasteiger partial charge >= 0.3 is 0 Å². The van der Waals surface area contributed by atoms with Gasteiger partial charge in [-0.05, 0) is 57.0 Å². The molecule has 4 N–H and O–H groups in total. The topological polar surface area (TPSA) is 128 Å². The minimum absolute atomic E-state index is 0.251. The summed E-state index contributed by atoms with van der Waals surface area (Å²) in [5.74, 6) is 0.820. The van der Waals surface area contributed by atoms with E-state index in [4.69, 9.17) is 21.3 Å². The fourth-order valence-corrected chi connectivity index (χ4v) is 5.90. The number of hydrogen-bond donors (Lipinski definition) is 2. The standard InChI is InChI=1S/C29H34N8O2/c1-35-13-15-36(16-14-35)20-9-11-21(12-10-20)37-29-25(27(30)32-18-33-29)26(34-37)19-5-4-6-22(17-19)39-24-8-3-2-7-23(24)28(31)38/h2-8,17-18,20-21H,9-16H2,1H3,(H2,31,38)(H2,30,32,33). The van der Waals surface area contributed by atoms with Crippen LogP contribution in [0.3, 0.4) is 0 Å². The molecule has 2 aromatic heterocycles. The van der Waals surface area contributed by atoms with E-state index in [0.717, 1.165) is 74.2 Å². The Morgan fingerprint density at radius 3 is 2.46 bits per heavy atom. The van der Waals surface area contributed by atoms with Gasteiger partial charge in [0.1, 0.15) is 29.3 Å². The lowest BCUT2D eigenvalue weighted by molar-refractivity contribution is 0.0815. The second-order valence-corrected chi connectivity index (χ2v) is 10.5. The van der Waals surface area contributed by atoms with Crippen molar-refractivity contribution >= 4 is 22.8 Å². The van der Waals surface area contributed by atoms with Gasteiger partial charge in [0, 0.05) is 37.8 Å².